The van der Waals surface area contributed by atoms with Gasteiger partial charge in [0, 0.05) is 24.7 Å². The number of hydrogen-bond acceptors (Lipinski definition) is 3. The molecule has 6 heteroatoms. The molecule has 3 aromatic rings. The molecular weight excluding hydrogens is 378 g/mol. The fourth-order valence-electron chi connectivity index (χ4n) is 4.87. The minimum Gasteiger partial charge on any atom is -0.463 e. The Bertz CT molecular complexity index is 1080. The molecule has 1 fully saturated rings. The summed E-state index contributed by atoms with van der Waals surface area (Å²) in [6, 6.07) is 13.7. The van der Waals surface area contributed by atoms with E-state index in [1.54, 1.807) is 17.2 Å². The van der Waals surface area contributed by atoms with Gasteiger partial charge >= 0.3 is 0 Å². The molecule has 2 amide bonds. The van der Waals surface area contributed by atoms with Gasteiger partial charge < -0.3 is 19.2 Å². The highest BCUT2D eigenvalue weighted by Crippen LogP contribution is 2.34. The molecule has 156 valence electrons. The summed E-state index contributed by atoms with van der Waals surface area (Å²) in [5.41, 5.74) is 2.12. The van der Waals surface area contributed by atoms with Crippen LogP contribution in [0.1, 0.15) is 55.1 Å². The lowest BCUT2D eigenvalue weighted by Gasteiger charge is -2.44. The van der Waals surface area contributed by atoms with E-state index in [0.717, 1.165) is 36.8 Å². The quantitative estimate of drug-likeness (QED) is 0.711. The molecule has 3 heterocycles. The number of carbonyl (C=O) groups excluding carboxylic acids is 2. The van der Waals surface area contributed by atoms with Gasteiger partial charge in [-0.05, 0) is 25.3 Å². The van der Waals surface area contributed by atoms with Crippen LogP contribution in [0, 0.1) is 0 Å². The Morgan fingerprint density at radius 2 is 1.93 bits per heavy atom. The van der Waals surface area contributed by atoms with Crippen molar-refractivity contribution >= 4 is 22.9 Å². The first-order chi connectivity index (χ1) is 14.6. The first-order valence-corrected chi connectivity index (χ1v) is 10.8. The number of furan rings is 1. The van der Waals surface area contributed by atoms with Crippen LogP contribution in [0.4, 0.5) is 0 Å². The van der Waals surface area contributed by atoms with Crippen LogP contribution in [0.25, 0.3) is 11.1 Å². The van der Waals surface area contributed by atoms with Gasteiger partial charge in [-0.15, -0.1) is 0 Å². The summed E-state index contributed by atoms with van der Waals surface area (Å²) in [4.78, 5) is 28.9. The summed E-state index contributed by atoms with van der Waals surface area (Å²) < 4.78 is 7.46. The SMILES string of the molecule is C[C@@]1(C(=O)NC2CCCCC2)Cn2c(cc3occc32)C(=O)N1Cc1ccccc1. The van der Waals surface area contributed by atoms with Crippen LogP contribution < -0.4 is 5.32 Å². The number of aromatic nitrogens is 1. The zero-order chi connectivity index (χ0) is 20.7. The van der Waals surface area contributed by atoms with Crippen molar-refractivity contribution in [3.63, 3.8) is 0 Å². The third kappa shape index (κ3) is 3.11. The smallest absolute Gasteiger partial charge is 0.271 e. The fraction of sp³-hybridized carbons (Fsp3) is 0.417. The Balaban J connectivity index is 1.53. The minimum absolute atomic E-state index is 0.0744. The molecule has 1 atom stereocenters. The van der Waals surface area contributed by atoms with Crippen molar-refractivity contribution in [1.82, 2.24) is 14.8 Å². The minimum atomic E-state index is -0.986. The van der Waals surface area contributed by atoms with Crippen LogP contribution in [0.2, 0.25) is 0 Å². The number of rotatable bonds is 4. The van der Waals surface area contributed by atoms with Crippen molar-refractivity contribution < 1.29 is 14.0 Å². The zero-order valence-electron chi connectivity index (χ0n) is 17.3. The van der Waals surface area contributed by atoms with E-state index >= 15 is 0 Å². The van der Waals surface area contributed by atoms with Crippen molar-refractivity contribution in [2.45, 2.75) is 63.7 Å². The number of carbonyl (C=O) groups is 2. The molecule has 30 heavy (non-hydrogen) atoms. The van der Waals surface area contributed by atoms with Gasteiger partial charge in [0.2, 0.25) is 5.91 Å². The van der Waals surface area contributed by atoms with Crippen molar-refractivity contribution in [2.75, 3.05) is 0 Å². The van der Waals surface area contributed by atoms with Crippen molar-refractivity contribution in [3.05, 3.63) is 60.0 Å². The normalized spacial score (nSPS) is 22.3. The largest absolute Gasteiger partial charge is 0.463 e. The van der Waals surface area contributed by atoms with Gasteiger partial charge in [-0.1, -0.05) is 49.6 Å². The summed E-state index contributed by atoms with van der Waals surface area (Å²) in [5, 5.41) is 3.26. The monoisotopic (exact) mass is 405 g/mol. The van der Waals surface area contributed by atoms with E-state index in [1.807, 2.05) is 47.9 Å². The van der Waals surface area contributed by atoms with E-state index < -0.39 is 5.54 Å². The van der Waals surface area contributed by atoms with Gasteiger partial charge in [0.05, 0.1) is 18.3 Å². The molecule has 0 bridgehead atoms. The average molecular weight is 405 g/mol. The Morgan fingerprint density at radius 3 is 2.70 bits per heavy atom. The van der Waals surface area contributed by atoms with Crippen LogP contribution in [-0.2, 0) is 17.9 Å². The second-order valence-corrected chi connectivity index (χ2v) is 8.74. The molecule has 1 N–H and O–H groups in total. The Morgan fingerprint density at radius 1 is 1.17 bits per heavy atom. The molecule has 0 saturated heterocycles. The second-order valence-electron chi connectivity index (χ2n) is 8.74. The molecule has 1 aromatic carbocycles. The molecule has 0 unspecified atom stereocenters. The summed E-state index contributed by atoms with van der Waals surface area (Å²) in [5.74, 6) is -0.215. The van der Waals surface area contributed by atoms with Crippen molar-refractivity contribution in [3.8, 4) is 0 Å². The number of amides is 2. The number of benzene rings is 1. The lowest BCUT2D eigenvalue weighted by atomic mass is 9.91. The third-order valence-corrected chi connectivity index (χ3v) is 6.66. The molecule has 1 saturated carbocycles. The van der Waals surface area contributed by atoms with E-state index in [1.165, 1.54) is 6.42 Å². The van der Waals surface area contributed by atoms with Crippen LogP contribution in [0.3, 0.4) is 0 Å². The van der Waals surface area contributed by atoms with Gasteiger partial charge in [-0.25, -0.2) is 0 Å². The maximum Gasteiger partial charge on any atom is 0.271 e. The molecule has 1 aliphatic carbocycles. The predicted molar refractivity (Wildman–Crippen MR) is 114 cm³/mol. The van der Waals surface area contributed by atoms with Gasteiger partial charge in [-0.3, -0.25) is 9.59 Å². The lowest BCUT2D eigenvalue weighted by Crippen LogP contribution is -2.64. The third-order valence-electron chi connectivity index (χ3n) is 6.66. The first-order valence-electron chi connectivity index (χ1n) is 10.8. The van der Waals surface area contributed by atoms with E-state index in [2.05, 4.69) is 5.32 Å². The van der Waals surface area contributed by atoms with Crippen LogP contribution in [0.15, 0.2) is 53.1 Å². The topological polar surface area (TPSA) is 67.5 Å². The van der Waals surface area contributed by atoms with Gasteiger partial charge in [0.25, 0.3) is 5.91 Å². The second kappa shape index (κ2) is 7.35. The van der Waals surface area contributed by atoms with E-state index in [0.29, 0.717) is 24.4 Å². The highest BCUT2D eigenvalue weighted by Gasteiger charge is 2.48. The van der Waals surface area contributed by atoms with Crippen molar-refractivity contribution in [2.24, 2.45) is 0 Å². The summed E-state index contributed by atoms with van der Waals surface area (Å²) >= 11 is 0. The van der Waals surface area contributed by atoms with Crippen LogP contribution in [0.5, 0.6) is 0 Å². The molecular formula is C24H27N3O3. The Hall–Kier alpha value is -3.02. The predicted octanol–water partition coefficient (Wildman–Crippen LogP) is 4.10. The zero-order valence-corrected chi connectivity index (χ0v) is 17.3. The van der Waals surface area contributed by atoms with Crippen LogP contribution in [-0.4, -0.2) is 32.9 Å². The molecule has 0 spiro atoms. The summed E-state index contributed by atoms with van der Waals surface area (Å²) in [7, 11) is 0. The van der Waals surface area contributed by atoms with Crippen LogP contribution >= 0.6 is 0 Å². The number of nitrogens with zero attached hydrogens (tertiary/aromatic N) is 2. The number of fused-ring (bicyclic) bond motifs is 3. The van der Waals surface area contributed by atoms with Crippen molar-refractivity contribution in [1.29, 1.82) is 0 Å². The molecule has 6 nitrogen and oxygen atoms in total. The van der Waals surface area contributed by atoms with E-state index in [-0.39, 0.29) is 17.9 Å². The highest BCUT2D eigenvalue weighted by molar-refractivity contribution is 6.02. The molecule has 2 aromatic heterocycles. The maximum atomic E-state index is 13.6. The molecule has 2 aliphatic rings. The molecule has 5 rings (SSSR count). The maximum absolute atomic E-state index is 13.6. The van der Waals surface area contributed by atoms with Gasteiger partial charge in [0.15, 0.2) is 5.58 Å². The average Bonchev–Trinajstić information content (AvgIpc) is 3.35. The Labute approximate surface area is 175 Å². The highest BCUT2D eigenvalue weighted by atomic mass is 16.3. The molecule has 0 radical (unpaired) electrons. The number of nitrogens with one attached hydrogen (secondary N) is 1. The van der Waals surface area contributed by atoms with E-state index in [4.69, 9.17) is 4.42 Å². The molecule has 1 aliphatic heterocycles. The lowest BCUT2D eigenvalue weighted by molar-refractivity contribution is -0.134. The van der Waals surface area contributed by atoms with E-state index in [9.17, 15) is 9.59 Å². The number of hydrogen-bond donors (Lipinski definition) is 1. The standard InChI is InChI=1S/C24H27N3O3/c1-24(23(29)25-18-10-6-3-7-11-18)16-26-19-12-13-30-21(19)14-20(26)22(28)27(24)15-17-8-4-2-5-9-17/h2,4-5,8-9,12-14,18H,3,6-7,10-11,15-16H2,1H3,(H,25,29)/t24-/m0/s1. The summed E-state index contributed by atoms with van der Waals surface area (Å²) in [6.45, 7) is 2.68. The van der Waals surface area contributed by atoms with Gasteiger partial charge in [-0.2, -0.15) is 0 Å². The summed E-state index contributed by atoms with van der Waals surface area (Å²) in [6.07, 6.45) is 7.16. The first kappa shape index (κ1) is 19.0. The fourth-order valence-corrected chi connectivity index (χ4v) is 4.87. The van der Waals surface area contributed by atoms with Gasteiger partial charge in [0.1, 0.15) is 11.2 Å². The Kier molecular flexibility index (Phi) is 4.65.